The molecule has 3 aromatic rings. The Morgan fingerprint density at radius 3 is 2.28 bits per heavy atom. The summed E-state index contributed by atoms with van der Waals surface area (Å²) in [5.74, 6) is 0.358. The molecule has 0 saturated heterocycles. The quantitative estimate of drug-likeness (QED) is 0.591. The molecule has 2 aromatic carbocycles. The van der Waals surface area contributed by atoms with Crippen LogP contribution in [-0.2, 0) is 6.18 Å². The predicted octanol–water partition coefficient (Wildman–Crippen LogP) is 5.77. The highest BCUT2D eigenvalue weighted by molar-refractivity contribution is 6.33. The second-order valence-corrected chi connectivity index (χ2v) is 5.62. The molecule has 0 aliphatic carbocycles. The van der Waals surface area contributed by atoms with Gasteiger partial charge < -0.3 is 0 Å². The van der Waals surface area contributed by atoms with Gasteiger partial charge in [0.05, 0.1) is 10.6 Å². The number of halogens is 4. The third kappa shape index (κ3) is 3.44. The van der Waals surface area contributed by atoms with Crippen LogP contribution in [0.25, 0.3) is 29.0 Å². The zero-order valence-corrected chi connectivity index (χ0v) is 13.9. The van der Waals surface area contributed by atoms with E-state index >= 15 is 0 Å². The Morgan fingerprint density at radius 2 is 1.64 bits per heavy atom. The van der Waals surface area contributed by atoms with Gasteiger partial charge in [0.2, 0.25) is 0 Å². The van der Waals surface area contributed by atoms with Gasteiger partial charge in [-0.1, -0.05) is 48.0 Å². The van der Waals surface area contributed by atoms with Crippen LogP contribution >= 0.6 is 11.6 Å². The first-order valence-electron chi connectivity index (χ1n) is 7.42. The molecule has 3 rings (SSSR count). The fourth-order valence-corrected chi connectivity index (χ4v) is 2.65. The summed E-state index contributed by atoms with van der Waals surface area (Å²) in [4.78, 5) is 4.32. The Kier molecular flexibility index (Phi) is 4.63. The van der Waals surface area contributed by atoms with Crippen LogP contribution in [0.2, 0.25) is 5.02 Å². The van der Waals surface area contributed by atoms with E-state index in [1.807, 2.05) is 0 Å². The van der Waals surface area contributed by atoms with Crippen LogP contribution < -0.4 is 0 Å². The lowest BCUT2D eigenvalue weighted by Crippen LogP contribution is -2.07. The van der Waals surface area contributed by atoms with Gasteiger partial charge in [0.1, 0.15) is 0 Å². The van der Waals surface area contributed by atoms with E-state index in [1.54, 1.807) is 43.5 Å². The van der Waals surface area contributed by atoms with E-state index in [2.05, 4.69) is 10.1 Å². The van der Waals surface area contributed by atoms with E-state index in [-0.39, 0.29) is 11.4 Å². The molecule has 1 heterocycles. The first kappa shape index (κ1) is 17.2. The maximum Gasteiger partial charge on any atom is 0.417 e. The minimum absolute atomic E-state index is 0.0130. The Labute approximate surface area is 147 Å². The second kappa shape index (κ2) is 6.72. The molecular formula is C18H13ClF3N3. The average Bonchev–Trinajstić information content (AvgIpc) is 2.98. The van der Waals surface area contributed by atoms with E-state index in [9.17, 15) is 13.2 Å². The van der Waals surface area contributed by atoms with Gasteiger partial charge in [0.25, 0.3) is 0 Å². The number of benzene rings is 2. The zero-order chi connectivity index (χ0) is 18.0. The van der Waals surface area contributed by atoms with Crippen molar-refractivity contribution in [2.24, 2.45) is 0 Å². The Hall–Kier alpha value is -2.60. The van der Waals surface area contributed by atoms with Crippen LogP contribution in [0, 0.1) is 0 Å². The molecular weight excluding hydrogens is 351 g/mol. The lowest BCUT2D eigenvalue weighted by Gasteiger charge is -2.09. The summed E-state index contributed by atoms with van der Waals surface area (Å²) >= 11 is 6.20. The summed E-state index contributed by atoms with van der Waals surface area (Å²) in [5, 5.41) is 4.66. The molecule has 0 unspecified atom stereocenters. The van der Waals surface area contributed by atoms with Gasteiger partial charge in [-0.05, 0) is 25.1 Å². The van der Waals surface area contributed by atoms with Crippen molar-refractivity contribution in [1.82, 2.24) is 14.8 Å². The maximum absolute atomic E-state index is 13.3. The van der Waals surface area contributed by atoms with Gasteiger partial charge in [0.15, 0.2) is 11.6 Å². The summed E-state index contributed by atoms with van der Waals surface area (Å²) in [6.07, 6.45) is -1.16. The SMILES string of the molecule is C/C=C\n1nc(-c2ccccc2C(F)(F)F)nc1-c1ccccc1Cl. The number of rotatable bonds is 3. The Morgan fingerprint density at radius 1 is 1.00 bits per heavy atom. The molecule has 0 radical (unpaired) electrons. The van der Waals surface area contributed by atoms with Crippen LogP contribution in [0.3, 0.4) is 0 Å². The highest BCUT2D eigenvalue weighted by atomic mass is 35.5. The van der Waals surface area contributed by atoms with E-state index in [0.717, 1.165) is 6.07 Å². The van der Waals surface area contributed by atoms with E-state index in [4.69, 9.17) is 11.6 Å². The molecule has 1 aromatic heterocycles. The number of aromatic nitrogens is 3. The van der Waals surface area contributed by atoms with Gasteiger partial charge >= 0.3 is 6.18 Å². The molecule has 0 spiro atoms. The third-order valence-corrected chi connectivity index (χ3v) is 3.84. The molecule has 0 bridgehead atoms. The third-order valence-electron chi connectivity index (χ3n) is 3.51. The Balaban J connectivity index is 2.22. The van der Waals surface area contributed by atoms with E-state index < -0.39 is 11.7 Å². The van der Waals surface area contributed by atoms with Crippen molar-refractivity contribution >= 4 is 17.8 Å². The van der Waals surface area contributed by atoms with E-state index in [1.165, 1.54) is 22.9 Å². The van der Waals surface area contributed by atoms with Crippen molar-refractivity contribution in [1.29, 1.82) is 0 Å². The lowest BCUT2D eigenvalue weighted by atomic mass is 10.1. The van der Waals surface area contributed by atoms with Crippen molar-refractivity contribution in [3.05, 3.63) is 65.2 Å². The maximum atomic E-state index is 13.3. The summed E-state index contributed by atoms with van der Waals surface area (Å²) in [6.45, 7) is 1.78. The minimum Gasteiger partial charge on any atom is -0.220 e. The zero-order valence-electron chi connectivity index (χ0n) is 13.1. The van der Waals surface area contributed by atoms with Gasteiger partial charge in [-0.25, -0.2) is 9.67 Å². The fraction of sp³-hybridized carbons (Fsp3) is 0.111. The molecule has 0 aliphatic rings. The predicted molar refractivity (Wildman–Crippen MR) is 91.9 cm³/mol. The summed E-state index contributed by atoms with van der Waals surface area (Å²) in [6, 6.07) is 12.2. The summed E-state index contributed by atoms with van der Waals surface area (Å²) in [5.41, 5.74) is -0.268. The van der Waals surface area contributed by atoms with Gasteiger partial charge in [-0.15, -0.1) is 5.10 Å². The molecule has 0 aliphatic heterocycles. The van der Waals surface area contributed by atoms with Gasteiger partial charge in [0, 0.05) is 17.3 Å². The van der Waals surface area contributed by atoms with Crippen molar-refractivity contribution in [3.63, 3.8) is 0 Å². The minimum atomic E-state index is -4.49. The molecule has 0 saturated carbocycles. The monoisotopic (exact) mass is 363 g/mol. The summed E-state index contributed by atoms with van der Waals surface area (Å²) < 4.78 is 41.3. The molecule has 0 amide bonds. The van der Waals surface area contributed by atoms with Crippen molar-refractivity contribution in [3.8, 4) is 22.8 Å². The summed E-state index contributed by atoms with van der Waals surface area (Å²) in [7, 11) is 0. The van der Waals surface area contributed by atoms with Gasteiger partial charge in [-0.2, -0.15) is 13.2 Å². The standard InChI is InChI=1S/C18H13ClF3N3/c1-2-11-25-17(13-8-4-6-10-15(13)19)23-16(24-25)12-7-3-5-9-14(12)18(20,21)22/h2-11H,1H3/b11-2-. The highest BCUT2D eigenvalue weighted by Gasteiger charge is 2.34. The molecule has 0 N–H and O–H groups in total. The highest BCUT2D eigenvalue weighted by Crippen LogP contribution is 2.37. The Bertz CT molecular complexity index is 929. The van der Waals surface area contributed by atoms with Crippen LogP contribution in [0.4, 0.5) is 13.2 Å². The average molecular weight is 364 g/mol. The number of nitrogens with zero attached hydrogens (tertiary/aromatic N) is 3. The lowest BCUT2D eigenvalue weighted by molar-refractivity contribution is -0.137. The molecule has 3 nitrogen and oxygen atoms in total. The molecule has 0 fully saturated rings. The van der Waals surface area contributed by atoms with Crippen LogP contribution in [0.1, 0.15) is 12.5 Å². The van der Waals surface area contributed by atoms with Crippen LogP contribution in [-0.4, -0.2) is 14.8 Å². The largest absolute Gasteiger partial charge is 0.417 e. The normalized spacial score (nSPS) is 12.0. The fourth-order valence-electron chi connectivity index (χ4n) is 2.43. The molecule has 0 atom stereocenters. The van der Waals surface area contributed by atoms with E-state index in [0.29, 0.717) is 16.4 Å². The van der Waals surface area contributed by atoms with Crippen molar-refractivity contribution < 1.29 is 13.2 Å². The smallest absolute Gasteiger partial charge is 0.220 e. The number of hydrogen-bond donors (Lipinski definition) is 0. The van der Waals surface area contributed by atoms with Crippen LogP contribution in [0.15, 0.2) is 54.6 Å². The molecule has 25 heavy (non-hydrogen) atoms. The molecule has 7 heteroatoms. The number of alkyl halides is 3. The molecule has 128 valence electrons. The van der Waals surface area contributed by atoms with Crippen LogP contribution in [0.5, 0.6) is 0 Å². The number of allylic oxidation sites excluding steroid dienone is 1. The first-order valence-corrected chi connectivity index (χ1v) is 7.80. The number of hydrogen-bond acceptors (Lipinski definition) is 2. The second-order valence-electron chi connectivity index (χ2n) is 5.21. The van der Waals surface area contributed by atoms with Crippen molar-refractivity contribution in [2.75, 3.05) is 0 Å². The van der Waals surface area contributed by atoms with Crippen molar-refractivity contribution in [2.45, 2.75) is 13.1 Å². The van der Waals surface area contributed by atoms with Gasteiger partial charge in [-0.3, -0.25) is 0 Å². The topological polar surface area (TPSA) is 30.7 Å². The first-order chi connectivity index (χ1) is 11.9.